The van der Waals surface area contributed by atoms with E-state index in [0.29, 0.717) is 34.2 Å². The molecule has 7 heteroatoms. The molecule has 0 atom stereocenters. The zero-order valence-corrected chi connectivity index (χ0v) is 19.1. The second kappa shape index (κ2) is 10.3. The van der Waals surface area contributed by atoms with E-state index in [0.717, 1.165) is 38.8 Å². The van der Waals surface area contributed by atoms with Crippen LogP contribution < -0.4 is 5.56 Å². The lowest BCUT2D eigenvalue weighted by atomic mass is 9.99. The first kappa shape index (κ1) is 22.5. The summed E-state index contributed by atoms with van der Waals surface area (Å²) in [6.45, 7) is 3.97. The van der Waals surface area contributed by atoms with E-state index in [4.69, 9.17) is 0 Å². The number of carbonyl (C=O) groups is 1. The van der Waals surface area contributed by atoms with E-state index in [-0.39, 0.29) is 17.2 Å². The van der Waals surface area contributed by atoms with Gasteiger partial charge in [-0.15, -0.1) is 0 Å². The molecule has 1 aliphatic heterocycles. The lowest BCUT2D eigenvalue weighted by Crippen LogP contribution is -2.37. The summed E-state index contributed by atoms with van der Waals surface area (Å²) in [6, 6.07) is 13.4. The molecule has 2 heterocycles. The van der Waals surface area contributed by atoms with Crippen molar-refractivity contribution in [3.05, 3.63) is 64.7 Å². The third-order valence-corrected chi connectivity index (χ3v) is 7.02. The second-order valence-electron chi connectivity index (χ2n) is 8.37. The number of piperidine rings is 1. The molecule has 4 rings (SSSR count). The Morgan fingerprint density at radius 2 is 1.81 bits per heavy atom. The fourth-order valence-corrected chi connectivity index (χ4v) is 5.02. The van der Waals surface area contributed by atoms with E-state index >= 15 is 0 Å². The monoisotopic (exact) mass is 453 g/mol. The number of para-hydroxylation sites is 2. The fraction of sp³-hybridized carbons (Fsp3) is 0.400. The Morgan fingerprint density at radius 3 is 2.59 bits per heavy atom. The van der Waals surface area contributed by atoms with Gasteiger partial charge in [0.15, 0.2) is 5.16 Å². The molecule has 1 saturated heterocycles. The van der Waals surface area contributed by atoms with E-state index in [1.807, 2.05) is 11.0 Å². The molecule has 1 aromatic heterocycles. The number of fused-ring (bicyclic) bond motifs is 1. The van der Waals surface area contributed by atoms with Crippen LogP contribution in [-0.4, -0.2) is 39.2 Å². The second-order valence-corrected chi connectivity index (χ2v) is 9.43. The van der Waals surface area contributed by atoms with Crippen LogP contribution in [0.3, 0.4) is 0 Å². The van der Waals surface area contributed by atoms with Gasteiger partial charge >= 0.3 is 0 Å². The normalized spacial score (nSPS) is 14.8. The van der Waals surface area contributed by atoms with Crippen LogP contribution in [0.5, 0.6) is 0 Å². The van der Waals surface area contributed by atoms with Crippen LogP contribution in [0.15, 0.2) is 58.5 Å². The number of carbonyl (C=O) groups excluding carboxylic acids is 1. The highest BCUT2D eigenvalue weighted by Gasteiger charge is 2.20. The third kappa shape index (κ3) is 5.04. The van der Waals surface area contributed by atoms with Gasteiger partial charge in [0.1, 0.15) is 5.82 Å². The molecule has 1 amide bonds. The van der Waals surface area contributed by atoms with Crippen molar-refractivity contribution in [2.24, 2.45) is 5.92 Å². The van der Waals surface area contributed by atoms with Crippen molar-refractivity contribution in [3.8, 4) is 5.69 Å². The Kier molecular flexibility index (Phi) is 7.25. The van der Waals surface area contributed by atoms with Crippen LogP contribution >= 0.6 is 11.8 Å². The number of rotatable bonds is 7. The number of halogens is 1. The minimum Gasteiger partial charge on any atom is -0.343 e. The summed E-state index contributed by atoms with van der Waals surface area (Å²) in [7, 11) is 0. The number of thioether (sulfide) groups is 1. The predicted molar refractivity (Wildman–Crippen MR) is 127 cm³/mol. The SMILES string of the molecule is CC1CCN(C(=O)CCCCSc2nc3ccccc3c(=O)n2-c2ccccc2F)CC1. The van der Waals surface area contributed by atoms with E-state index in [1.165, 1.54) is 22.4 Å². The summed E-state index contributed by atoms with van der Waals surface area (Å²) in [5.74, 6) is 1.17. The van der Waals surface area contributed by atoms with Crippen LogP contribution in [0.25, 0.3) is 16.6 Å². The topological polar surface area (TPSA) is 55.2 Å². The first-order valence-electron chi connectivity index (χ1n) is 11.2. The number of aromatic nitrogens is 2. The zero-order valence-electron chi connectivity index (χ0n) is 18.3. The summed E-state index contributed by atoms with van der Waals surface area (Å²) >= 11 is 1.43. The van der Waals surface area contributed by atoms with Gasteiger partial charge in [0.2, 0.25) is 5.91 Å². The number of amides is 1. The van der Waals surface area contributed by atoms with Crippen LogP contribution in [0.1, 0.15) is 39.0 Å². The van der Waals surface area contributed by atoms with Gasteiger partial charge in [0, 0.05) is 25.3 Å². The average molecular weight is 454 g/mol. The fourth-order valence-electron chi connectivity index (χ4n) is 4.01. The van der Waals surface area contributed by atoms with Gasteiger partial charge in [-0.1, -0.05) is 43.0 Å². The maximum absolute atomic E-state index is 14.5. The van der Waals surface area contributed by atoms with Gasteiger partial charge < -0.3 is 4.90 Å². The van der Waals surface area contributed by atoms with Gasteiger partial charge in [-0.25, -0.2) is 9.37 Å². The van der Waals surface area contributed by atoms with Crippen molar-refractivity contribution in [2.75, 3.05) is 18.8 Å². The van der Waals surface area contributed by atoms with Gasteiger partial charge in [-0.2, -0.15) is 0 Å². The number of hydrogen-bond acceptors (Lipinski definition) is 4. The molecule has 2 aromatic carbocycles. The Morgan fingerprint density at radius 1 is 1.09 bits per heavy atom. The maximum Gasteiger partial charge on any atom is 0.266 e. The molecule has 3 aromatic rings. The van der Waals surface area contributed by atoms with Gasteiger partial charge in [0.25, 0.3) is 5.56 Å². The highest BCUT2D eigenvalue weighted by molar-refractivity contribution is 7.99. The summed E-state index contributed by atoms with van der Waals surface area (Å²) in [4.78, 5) is 32.2. The Hall–Kier alpha value is -2.67. The average Bonchev–Trinajstić information content (AvgIpc) is 2.80. The van der Waals surface area contributed by atoms with Gasteiger partial charge in [-0.3, -0.25) is 14.2 Å². The van der Waals surface area contributed by atoms with Crippen molar-refractivity contribution in [1.29, 1.82) is 0 Å². The van der Waals surface area contributed by atoms with Crippen LogP contribution in [-0.2, 0) is 4.79 Å². The summed E-state index contributed by atoms with van der Waals surface area (Å²) < 4.78 is 15.9. The van der Waals surface area contributed by atoms with Crippen LogP contribution in [0.4, 0.5) is 4.39 Å². The molecule has 0 bridgehead atoms. The standard InChI is InChI=1S/C25H28FN3O2S/c1-18-13-15-28(16-14-18)23(30)12-6-7-17-32-25-27-21-10-4-2-8-19(21)24(31)29(25)22-11-5-3-9-20(22)26/h2-5,8-11,18H,6-7,12-17H2,1H3. The molecule has 0 N–H and O–H groups in total. The molecule has 1 fully saturated rings. The van der Waals surface area contributed by atoms with Crippen molar-refractivity contribution in [3.63, 3.8) is 0 Å². The maximum atomic E-state index is 14.5. The number of benzene rings is 2. The van der Waals surface area contributed by atoms with Crippen molar-refractivity contribution < 1.29 is 9.18 Å². The molecule has 0 unspecified atom stereocenters. The third-order valence-electron chi connectivity index (χ3n) is 5.99. The highest BCUT2D eigenvalue weighted by atomic mass is 32.2. The highest BCUT2D eigenvalue weighted by Crippen LogP contribution is 2.24. The predicted octanol–water partition coefficient (Wildman–Crippen LogP) is 5.05. The number of hydrogen-bond donors (Lipinski definition) is 0. The van der Waals surface area contributed by atoms with Crippen molar-refractivity contribution in [2.45, 2.75) is 44.2 Å². The molecular weight excluding hydrogens is 425 g/mol. The summed E-state index contributed by atoms with van der Waals surface area (Å²) in [5, 5.41) is 0.927. The summed E-state index contributed by atoms with van der Waals surface area (Å²) in [5.41, 5.74) is 0.521. The number of likely N-dealkylation sites (tertiary alicyclic amines) is 1. The first-order chi connectivity index (χ1) is 15.5. The van der Waals surface area contributed by atoms with Gasteiger partial charge in [-0.05, 0) is 55.9 Å². The lowest BCUT2D eigenvalue weighted by Gasteiger charge is -2.30. The van der Waals surface area contributed by atoms with Crippen LogP contribution in [0, 0.1) is 11.7 Å². The zero-order chi connectivity index (χ0) is 22.5. The van der Waals surface area contributed by atoms with E-state index in [9.17, 15) is 14.0 Å². The quantitative estimate of drug-likeness (QED) is 0.286. The summed E-state index contributed by atoms with van der Waals surface area (Å²) in [6.07, 6.45) is 4.32. The number of unbranched alkanes of at least 4 members (excludes halogenated alkanes) is 1. The molecule has 32 heavy (non-hydrogen) atoms. The van der Waals surface area contributed by atoms with Gasteiger partial charge in [0.05, 0.1) is 16.6 Å². The molecular formula is C25H28FN3O2S. The molecule has 0 radical (unpaired) electrons. The molecule has 0 saturated carbocycles. The Labute approximate surface area is 191 Å². The van der Waals surface area contributed by atoms with E-state index < -0.39 is 5.82 Å². The Balaban J connectivity index is 1.45. The number of nitrogens with zero attached hydrogens (tertiary/aromatic N) is 3. The largest absolute Gasteiger partial charge is 0.343 e. The minimum atomic E-state index is -0.463. The molecule has 0 spiro atoms. The van der Waals surface area contributed by atoms with Crippen molar-refractivity contribution in [1.82, 2.24) is 14.5 Å². The smallest absolute Gasteiger partial charge is 0.266 e. The molecule has 0 aliphatic carbocycles. The molecule has 168 valence electrons. The van der Waals surface area contributed by atoms with E-state index in [1.54, 1.807) is 36.4 Å². The molecule has 1 aliphatic rings. The van der Waals surface area contributed by atoms with Crippen LogP contribution in [0.2, 0.25) is 0 Å². The lowest BCUT2D eigenvalue weighted by molar-refractivity contribution is -0.132. The first-order valence-corrected chi connectivity index (χ1v) is 12.2. The molecule has 5 nitrogen and oxygen atoms in total. The minimum absolute atomic E-state index is 0.202. The Bertz CT molecular complexity index is 1160. The van der Waals surface area contributed by atoms with Crippen molar-refractivity contribution >= 4 is 28.6 Å². The van der Waals surface area contributed by atoms with E-state index in [2.05, 4.69) is 11.9 Å².